The molecule has 2 amide bonds. The van der Waals surface area contributed by atoms with Crippen molar-refractivity contribution >= 4 is 18.0 Å². The number of carbonyl (C=O) groups is 2. The van der Waals surface area contributed by atoms with Gasteiger partial charge < -0.3 is 26.0 Å². The first-order chi connectivity index (χ1) is 18.0. The minimum atomic E-state index is -0.794. The van der Waals surface area contributed by atoms with Gasteiger partial charge in [-0.15, -0.1) is 0 Å². The van der Waals surface area contributed by atoms with Gasteiger partial charge in [-0.2, -0.15) is 0 Å². The van der Waals surface area contributed by atoms with Gasteiger partial charge in [0, 0.05) is 26.1 Å². The number of carbonyl (C=O) groups excluding carboxylic acids is 2. The summed E-state index contributed by atoms with van der Waals surface area (Å²) in [5, 5.41) is 13.1. The summed E-state index contributed by atoms with van der Waals surface area (Å²) in [4.78, 5) is 28.2. The van der Waals surface area contributed by atoms with E-state index in [9.17, 15) is 14.0 Å². The maximum absolute atomic E-state index is 13.7. The Hall–Kier alpha value is -2.84. The number of likely N-dealkylation sites (tertiary alicyclic amines) is 1. The predicted molar refractivity (Wildman–Crippen MR) is 147 cm³/mol. The van der Waals surface area contributed by atoms with Crippen molar-refractivity contribution in [2.75, 3.05) is 19.6 Å². The van der Waals surface area contributed by atoms with E-state index in [0.29, 0.717) is 25.6 Å². The van der Waals surface area contributed by atoms with Gasteiger partial charge in [-0.05, 0) is 88.3 Å². The Morgan fingerprint density at radius 3 is 2.37 bits per heavy atom. The van der Waals surface area contributed by atoms with E-state index < -0.39 is 17.7 Å². The van der Waals surface area contributed by atoms with E-state index in [2.05, 4.69) is 10.6 Å². The molecule has 0 bridgehead atoms. The molecule has 38 heavy (non-hydrogen) atoms. The van der Waals surface area contributed by atoms with Crippen molar-refractivity contribution in [1.29, 1.82) is 5.41 Å². The smallest absolute Gasteiger partial charge is 0.408 e. The summed E-state index contributed by atoms with van der Waals surface area (Å²) in [6.07, 6.45) is 9.78. The largest absolute Gasteiger partial charge is 0.444 e. The van der Waals surface area contributed by atoms with Crippen LogP contribution >= 0.6 is 0 Å². The molecule has 1 aromatic rings. The van der Waals surface area contributed by atoms with Crippen molar-refractivity contribution in [3.63, 3.8) is 0 Å². The molecule has 2 aliphatic rings. The van der Waals surface area contributed by atoms with Crippen LogP contribution < -0.4 is 16.4 Å². The van der Waals surface area contributed by atoms with E-state index >= 15 is 0 Å². The lowest BCUT2D eigenvalue weighted by atomic mass is 9.61. The molecule has 0 aromatic heterocycles. The van der Waals surface area contributed by atoms with Crippen molar-refractivity contribution in [1.82, 2.24) is 15.5 Å². The number of guanidine groups is 1. The van der Waals surface area contributed by atoms with Crippen LogP contribution in [0.15, 0.2) is 24.3 Å². The molecule has 1 unspecified atom stereocenters. The fraction of sp³-hybridized carbons (Fsp3) is 0.690. The molecule has 1 aliphatic heterocycles. The number of amides is 2. The van der Waals surface area contributed by atoms with E-state index in [1.54, 1.807) is 32.9 Å². The molecule has 1 saturated heterocycles. The molecular formula is C29H46FN5O3. The molecule has 1 aliphatic carbocycles. The number of nitrogens with zero attached hydrogens (tertiary/aromatic N) is 1. The van der Waals surface area contributed by atoms with Crippen LogP contribution in [0.1, 0.15) is 84.1 Å². The predicted octanol–water partition coefficient (Wildman–Crippen LogP) is 4.71. The standard InChI is InChI=1S/C29H46FN5O3/c1-28(2,3)38-27(37)34-24(20-21-10-12-23(30)13-11-21)25(36)35-18-15-29(16-19-35,14-7-17-33-26(31)32)22-8-5-4-6-9-22/h10-13,22,24H,4-9,14-20H2,1-3H3,(H,34,37)(H4,31,32,33). The van der Waals surface area contributed by atoms with Crippen LogP contribution in [-0.2, 0) is 16.0 Å². The van der Waals surface area contributed by atoms with E-state index in [-0.39, 0.29) is 29.5 Å². The molecule has 0 spiro atoms. The second-order valence-corrected chi connectivity index (χ2v) is 12.0. The third-order valence-corrected chi connectivity index (χ3v) is 8.05. The van der Waals surface area contributed by atoms with E-state index in [1.807, 2.05) is 4.90 Å². The summed E-state index contributed by atoms with van der Waals surface area (Å²) >= 11 is 0. The first-order valence-corrected chi connectivity index (χ1v) is 14.1. The molecule has 1 aromatic carbocycles. The van der Waals surface area contributed by atoms with E-state index in [4.69, 9.17) is 15.9 Å². The third kappa shape index (κ3) is 8.88. The van der Waals surface area contributed by atoms with E-state index in [0.717, 1.165) is 31.2 Å². The Kier molecular flexibility index (Phi) is 10.4. The molecule has 2 fully saturated rings. The summed E-state index contributed by atoms with van der Waals surface area (Å²) in [6, 6.07) is 5.23. The number of hydrogen-bond acceptors (Lipinski definition) is 4. The molecule has 212 valence electrons. The zero-order valence-corrected chi connectivity index (χ0v) is 23.3. The lowest BCUT2D eigenvalue weighted by Crippen LogP contribution is -2.54. The summed E-state index contributed by atoms with van der Waals surface area (Å²) < 4.78 is 18.9. The highest BCUT2D eigenvalue weighted by Crippen LogP contribution is 2.48. The maximum Gasteiger partial charge on any atom is 0.408 e. The van der Waals surface area contributed by atoms with Gasteiger partial charge in [0.2, 0.25) is 5.91 Å². The van der Waals surface area contributed by atoms with Crippen LogP contribution in [0.5, 0.6) is 0 Å². The zero-order chi connectivity index (χ0) is 27.8. The Morgan fingerprint density at radius 1 is 1.16 bits per heavy atom. The quantitative estimate of drug-likeness (QED) is 0.209. The first-order valence-electron chi connectivity index (χ1n) is 14.1. The van der Waals surface area contributed by atoms with Crippen LogP contribution in [0.4, 0.5) is 9.18 Å². The van der Waals surface area contributed by atoms with Crippen LogP contribution in [-0.4, -0.2) is 54.1 Å². The zero-order valence-electron chi connectivity index (χ0n) is 23.3. The highest BCUT2D eigenvalue weighted by atomic mass is 19.1. The Balaban J connectivity index is 1.70. The fourth-order valence-electron chi connectivity index (χ4n) is 6.14. The lowest BCUT2D eigenvalue weighted by molar-refractivity contribution is -0.137. The summed E-state index contributed by atoms with van der Waals surface area (Å²) in [6.45, 7) is 7.32. The van der Waals surface area contributed by atoms with Crippen molar-refractivity contribution in [3.8, 4) is 0 Å². The number of ether oxygens (including phenoxy) is 1. The van der Waals surface area contributed by atoms with Crippen LogP contribution in [0.25, 0.3) is 0 Å². The number of alkyl carbamates (subject to hydrolysis) is 1. The monoisotopic (exact) mass is 531 g/mol. The van der Waals surface area contributed by atoms with Gasteiger partial charge in [-0.25, -0.2) is 9.18 Å². The number of nitrogens with two attached hydrogens (primary N) is 1. The van der Waals surface area contributed by atoms with Crippen molar-refractivity contribution in [3.05, 3.63) is 35.6 Å². The number of rotatable bonds is 9. The molecule has 1 saturated carbocycles. The van der Waals surface area contributed by atoms with Crippen molar-refractivity contribution in [2.24, 2.45) is 17.1 Å². The van der Waals surface area contributed by atoms with Gasteiger partial charge in [0.25, 0.3) is 0 Å². The number of halogens is 1. The minimum Gasteiger partial charge on any atom is -0.444 e. The SMILES string of the molecule is CC(C)(C)OC(=O)NC(Cc1ccc(F)cc1)C(=O)N1CCC(CCCNC(=N)N)(C2CCCCC2)CC1. The van der Waals surface area contributed by atoms with Gasteiger partial charge in [-0.1, -0.05) is 31.4 Å². The van der Waals surface area contributed by atoms with Gasteiger partial charge in [-0.3, -0.25) is 10.2 Å². The Bertz CT molecular complexity index is 933. The first kappa shape index (κ1) is 29.7. The number of piperidine rings is 1. The molecule has 0 radical (unpaired) electrons. The van der Waals surface area contributed by atoms with Gasteiger partial charge >= 0.3 is 6.09 Å². The second kappa shape index (κ2) is 13.3. The Morgan fingerprint density at radius 2 is 1.79 bits per heavy atom. The van der Waals surface area contributed by atoms with Gasteiger partial charge in [0.15, 0.2) is 5.96 Å². The average Bonchev–Trinajstić information content (AvgIpc) is 2.87. The molecule has 5 N–H and O–H groups in total. The molecule has 9 heteroatoms. The third-order valence-electron chi connectivity index (χ3n) is 8.05. The van der Waals surface area contributed by atoms with Crippen LogP contribution in [0.2, 0.25) is 0 Å². The molecule has 1 heterocycles. The minimum absolute atomic E-state index is 0.00168. The molecule has 3 rings (SSSR count). The molecule has 1 atom stereocenters. The highest BCUT2D eigenvalue weighted by Gasteiger charge is 2.42. The summed E-state index contributed by atoms with van der Waals surface area (Å²) in [7, 11) is 0. The number of benzene rings is 1. The number of nitrogens with one attached hydrogen (secondary N) is 3. The average molecular weight is 532 g/mol. The second-order valence-electron chi connectivity index (χ2n) is 12.0. The van der Waals surface area contributed by atoms with Gasteiger partial charge in [0.05, 0.1) is 0 Å². The summed E-state index contributed by atoms with van der Waals surface area (Å²) in [5.41, 5.74) is 5.74. The van der Waals surface area contributed by atoms with Crippen molar-refractivity contribution < 1.29 is 18.7 Å². The highest BCUT2D eigenvalue weighted by molar-refractivity contribution is 5.86. The van der Waals surface area contributed by atoms with Gasteiger partial charge in [0.1, 0.15) is 17.5 Å². The topological polar surface area (TPSA) is 121 Å². The fourth-order valence-corrected chi connectivity index (χ4v) is 6.14. The molecule has 8 nitrogen and oxygen atoms in total. The van der Waals surface area contributed by atoms with Crippen molar-refractivity contribution in [2.45, 2.75) is 96.6 Å². The van der Waals surface area contributed by atoms with E-state index in [1.165, 1.54) is 44.2 Å². The lowest BCUT2D eigenvalue weighted by Gasteiger charge is -2.49. The maximum atomic E-state index is 13.7. The normalized spacial score (nSPS) is 18.9. The van der Waals surface area contributed by atoms with Crippen LogP contribution in [0.3, 0.4) is 0 Å². The molecular weight excluding hydrogens is 485 g/mol. The number of hydrogen-bond donors (Lipinski definition) is 4. The Labute approximate surface area is 226 Å². The van der Waals surface area contributed by atoms with Crippen LogP contribution in [0, 0.1) is 22.6 Å². The summed E-state index contributed by atoms with van der Waals surface area (Å²) in [5.74, 6) is 0.184.